The fourth-order valence-corrected chi connectivity index (χ4v) is 3.67. The van der Waals surface area contributed by atoms with Crippen molar-refractivity contribution in [2.24, 2.45) is 0 Å². The number of nitrogens with zero attached hydrogens (tertiary/aromatic N) is 1. The van der Waals surface area contributed by atoms with Crippen molar-refractivity contribution in [3.05, 3.63) is 71.8 Å². The Morgan fingerprint density at radius 2 is 1.46 bits per heavy atom. The fourth-order valence-electron chi connectivity index (χ4n) is 3.09. The summed E-state index contributed by atoms with van der Waals surface area (Å²) in [5.74, 6) is 3.59. The molecular formula is C22H27NSi. The molecule has 0 radical (unpaired) electrons. The molecule has 3 unspecified atom stereocenters. The van der Waals surface area contributed by atoms with E-state index in [-0.39, 0.29) is 0 Å². The summed E-state index contributed by atoms with van der Waals surface area (Å²) in [5.41, 5.74) is 6.39. The van der Waals surface area contributed by atoms with Gasteiger partial charge in [0.15, 0.2) is 0 Å². The molecule has 3 atom stereocenters. The average Bonchev–Trinajstić information content (AvgIpc) is 3.23. The number of rotatable bonds is 5. The van der Waals surface area contributed by atoms with Gasteiger partial charge in [-0.3, -0.25) is 4.90 Å². The van der Waals surface area contributed by atoms with Crippen molar-refractivity contribution in [1.29, 1.82) is 0 Å². The van der Waals surface area contributed by atoms with E-state index in [0.29, 0.717) is 12.1 Å². The molecule has 0 spiro atoms. The summed E-state index contributed by atoms with van der Waals surface area (Å²) in [7, 11) is -1.31. The zero-order valence-corrected chi connectivity index (χ0v) is 16.0. The van der Waals surface area contributed by atoms with Crippen LogP contribution in [0.2, 0.25) is 19.6 Å². The highest BCUT2D eigenvalue weighted by atomic mass is 28.3. The Kier molecular flexibility index (Phi) is 5.23. The molecule has 1 saturated heterocycles. The Bertz CT molecular complexity index is 706. The van der Waals surface area contributed by atoms with Crippen molar-refractivity contribution < 1.29 is 0 Å². The molecule has 0 bridgehead atoms. The lowest BCUT2D eigenvalue weighted by Gasteiger charge is -2.04. The summed E-state index contributed by atoms with van der Waals surface area (Å²) >= 11 is 0. The summed E-state index contributed by atoms with van der Waals surface area (Å²) in [6.07, 6.45) is 2.34. The minimum Gasteiger partial charge on any atom is -0.279 e. The molecule has 0 saturated carbocycles. The molecule has 0 N–H and O–H groups in total. The summed E-state index contributed by atoms with van der Waals surface area (Å²) in [6, 6.07) is 22.6. The largest absolute Gasteiger partial charge is 0.279 e. The van der Waals surface area contributed by atoms with Crippen LogP contribution < -0.4 is 0 Å². The predicted molar refractivity (Wildman–Crippen MR) is 105 cm³/mol. The van der Waals surface area contributed by atoms with E-state index < -0.39 is 8.07 Å². The maximum absolute atomic E-state index is 3.59. The first kappa shape index (κ1) is 17.0. The van der Waals surface area contributed by atoms with Crippen LogP contribution in [0.25, 0.3) is 0 Å². The van der Waals surface area contributed by atoms with Crippen molar-refractivity contribution in [3.63, 3.8) is 0 Å². The van der Waals surface area contributed by atoms with Crippen LogP contribution in [0.4, 0.5) is 0 Å². The third-order valence-electron chi connectivity index (χ3n) is 4.43. The molecule has 1 aliphatic heterocycles. The number of hydrogen-bond acceptors (Lipinski definition) is 1. The molecular weight excluding hydrogens is 306 g/mol. The van der Waals surface area contributed by atoms with E-state index in [1.807, 2.05) is 0 Å². The van der Waals surface area contributed by atoms with E-state index >= 15 is 0 Å². The lowest BCUT2D eigenvalue weighted by Crippen LogP contribution is -2.17. The van der Waals surface area contributed by atoms with Crippen LogP contribution in [0.5, 0.6) is 0 Å². The van der Waals surface area contributed by atoms with Crippen LogP contribution in [-0.2, 0) is 13.0 Å². The first-order valence-electron chi connectivity index (χ1n) is 8.89. The lowest BCUT2D eigenvalue weighted by atomic mass is 10.1. The van der Waals surface area contributed by atoms with Gasteiger partial charge in [-0.05, 0) is 24.0 Å². The quantitative estimate of drug-likeness (QED) is 0.433. The van der Waals surface area contributed by atoms with Gasteiger partial charge in [0.25, 0.3) is 0 Å². The summed E-state index contributed by atoms with van der Waals surface area (Å²) in [6.45, 7) is 7.99. The van der Waals surface area contributed by atoms with Gasteiger partial charge < -0.3 is 0 Å². The second kappa shape index (κ2) is 7.38. The van der Waals surface area contributed by atoms with Gasteiger partial charge >= 0.3 is 0 Å². The minimum atomic E-state index is -1.31. The molecule has 3 rings (SSSR count). The van der Waals surface area contributed by atoms with Gasteiger partial charge in [-0.2, -0.15) is 0 Å². The number of aryl methyl sites for hydroxylation is 1. The van der Waals surface area contributed by atoms with Gasteiger partial charge in [0.05, 0.1) is 6.04 Å². The Morgan fingerprint density at radius 1 is 0.875 bits per heavy atom. The number of benzene rings is 2. The van der Waals surface area contributed by atoms with E-state index in [9.17, 15) is 0 Å². The molecule has 2 aromatic rings. The van der Waals surface area contributed by atoms with E-state index in [4.69, 9.17) is 0 Å². The standard InChI is InChI=1S/C22H27NSi/c1-24(2,3)17-16-22-21(15-14-19-10-6-4-7-11-19)23(22)18-20-12-8-5-9-13-20/h4-13,21-22H,14-15,18H2,1-3H3. The molecule has 124 valence electrons. The van der Waals surface area contributed by atoms with Crippen LogP contribution in [0.3, 0.4) is 0 Å². The second-order valence-electron chi connectivity index (χ2n) is 7.71. The smallest absolute Gasteiger partial charge is 0.129 e. The summed E-state index contributed by atoms with van der Waals surface area (Å²) in [5, 5.41) is 0. The second-order valence-corrected chi connectivity index (χ2v) is 12.5. The zero-order chi connectivity index (χ0) is 17.0. The topological polar surface area (TPSA) is 3.01 Å². The Labute approximate surface area is 147 Å². The van der Waals surface area contributed by atoms with Crippen molar-refractivity contribution in [2.45, 2.75) is 51.1 Å². The third-order valence-corrected chi connectivity index (χ3v) is 5.33. The van der Waals surface area contributed by atoms with Crippen molar-refractivity contribution in [1.82, 2.24) is 4.90 Å². The molecule has 0 amide bonds. The molecule has 0 aromatic heterocycles. The summed E-state index contributed by atoms with van der Waals surface area (Å²) in [4.78, 5) is 2.56. The average molecular weight is 334 g/mol. The molecule has 2 aromatic carbocycles. The maximum atomic E-state index is 3.59. The first-order chi connectivity index (χ1) is 11.5. The SMILES string of the molecule is C[Si](C)(C)C#CC1C(CCc2ccccc2)N1Cc1ccccc1. The van der Waals surface area contributed by atoms with E-state index in [2.05, 4.69) is 96.7 Å². The normalized spacial score (nSPS) is 22.5. The summed E-state index contributed by atoms with van der Waals surface area (Å²) < 4.78 is 0. The van der Waals surface area contributed by atoms with Crippen LogP contribution >= 0.6 is 0 Å². The number of hydrogen-bond donors (Lipinski definition) is 0. The predicted octanol–water partition coefficient (Wildman–Crippen LogP) is 4.75. The highest BCUT2D eigenvalue weighted by Crippen LogP contribution is 2.33. The fraction of sp³-hybridized carbons (Fsp3) is 0.364. The molecule has 24 heavy (non-hydrogen) atoms. The van der Waals surface area contributed by atoms with Gasteiger partial charge in [-0.25, -0.2) is 0 Å². The highest BCUT2D eigenvalue weighted by Gasteiger charge is 2.45. The van der Waals surface area contributed by atoms with Crippen LogP contribution in [-0.4, -0.2) is 25.1 Å². The van der Waals surface area contributed by atoms with Gasteiger partial charge in [-0.15, -0.1) is 5.54 Å². The lowest BCUT2D eigenvalue weighted by molar-refractivity contribution is 0.477. The van der Waals surface area contributed by atoms with Gasteiger partial charge in [-0.1, -0.05) is 86.2 Å². The molecule has 2 heteroatoms. The van der Waals surface area contributed by atoms with Crippen molar-refractivity contribution >= 4 is 8.07 Å². The van der Waals surface area contributed by atoms with Crippen LogP contribution in [0.1, 0.15) is 17.5 Å². The first-order valence-corrected chi connectivity index (χ1v) is 12.4. The molecule has 0 aliphatic carbocycles. The monoisotopic (exact) mass is 333 g/mol. The Balaban J connectivity index is 1.65. The van der Waals surface area contributed by atoms with Gasteiger partial charge in [0.2, 0.25) is 0 Å². The van der Waals surface area contributed by atoms with E-state index in [1.165, 1.54) is 17.5 Å². The molecule has 1 aliphatic rings. The molecule has 1 heterocycles. The molecule has 1 fully saturated rings. The van der Waals surface area contributed by atoms with Crippen LogP contribution in [0, 0.1) is 11.5 Å². The third kappa shape index (κ3) is 4.83. The Morgan fingerprint density at radius 3 is 2.04 bits per heavy atom. The highest BCUT2D eigenvalue weighted by molar-refractivity contribution is 6.83. The minimum absolute atomic E-state index is 0.445. The van der Waals surface area contributed by atoms with Gasteiger partial charge in [0.1, 0.15) is 8.07 Å². The van der Waals surface area contributed by atoms with Crippen molar-refractivity contribution in [3.8, 4) is 11.5 Å². The van der Waals surface area contributed by atoms with Crippen LogP contribution in [0.15, 0.2) is 60.7 Å². The van der Waals surface area contributed by atoms with Crippen molar-refractivity contribution in [2.75, 3.05) is 0 Å². The van der Waals surface area contributed by atoms with E-state index in [0.717, 1.165) is 13.0 Å². The maximum Gasteiger partial charge on any atom is 0.129 e. The van der Waals surface area contributed by atoms with E-state index in [1.54, 1.807) is 0 Å². The molecule has 1 nitrogen and oxygen atoms in total. The zero-order valence-electron chi connectivity index (χ0n) is 15.0. The Hall–Kier alpha value is -1.82. The van der Waals surface area contributed by atoms with Gasteiger partial charge in [0, 0.05) is 12.6 Å².